The Morgan fingerprint density at radius 1 is 1.29 bits per heavy atom. The van der Waals surface area contributed by atoms with Gasteiger partial charge in [-0.15, -0.1) is 0 Å². The summed E-state index contributed by atoms with van der Waals surface area (Å²) in [6.07, 6.45) is 2.97. The first-order valence-electron chi connectivity index (χ1n) is 9.07. The van der Waals surface area contributed by atoms with Crippen LogP contribution in [0.2, 0.25) is 5.02 Å². The zero-order chi connectivity index (χ0) is 19.8. The summed E-state index contributed by atoms with van der Waals surface area (Å²) in [5.74, 6) is -1.14. The molecule has 4 rings (SSSR count). The van der Waals surface area contributed by atoms with E-state index in [0.717, 1.165) is 35.7 Å². The Balaban J connectivity index is 1.42. The lowest BCUT2D eigenvalue weighted by molar-refractivity contribution is -0.384. The molecule has 0 saturated carbocycles. The van der Waals surface area contributed by atoms with Crippen LogP contribution in [-0.4, -0.2) is 22.5 Å². The summed E-state index contributed by atoms with van der Waals surface area (Å²) in [6.45, 7) is 0.655. The first kappa shape index (κ1) is 18.8. The van der Waals surface area contributed by atoms with Gasteiger partial charge in [-0.3, -0.25) is 10.1 Å². The SMILES string of the molecule is O=[N+]([O-])c1ccc(CCNC2CCc3[nH]c4c(F)cc(F)cc4c3C2)c(Cl)c1. The van der Waals surface area contributed by atoms with Crippen molar-refractivity contribution in [3.63, 3.8) is 0 Å². The number of nitrogens with zero attached hydrogens (tertiary/aromatic N) is 1. The van der Waals surface area contributed by atoms with Crippen LogP contribution in [0.15, 0.2) is 30.3 Å². The predicted molar refractivity (Wildman–Crippen MR) is 104 cm³/mol. The first-order valence-corrected chi connectivity index (χ1v) is 9.45. The molecule has 8 heteroatoms. The molecule has 0 saturated heterocycles. The minimum absolute atomic E-state index is 0.0275. The standard InChI is InChI=1S/C20H18ClF2N3O2/c21-17-10-14(26(27)28)3-1-11(17)5-6-24-13-2-4-19-15(9-13)16-7-12(22)8-18(23)20(16)25-19/h1,3,7-8,10,13,24-25H,2,4-6,9H2. The number of nitro benzene ring substituents is 1. The van der Waals surface area contributed by atoms with E-state index in [1.807, 2.05) is 0 Å². The zero-order valence-electron chi connectivity index (χ0n) is 14.9. The van der Waals surface area contributed by atoms with Crippen LogP contribution >= 0.6 is 11.6 Å². The highest BCUT2D eigenvalue weighted by molar-refractivity contribution is 6.31. The van der Waals surface area contributed by atoms with E-state index in [4.69, 9.17) is 11.6 Å². The second-order valence-corrected chi connectivity index (χ2v) is 7.48. The average Bonchev–Trinajstić information content (AvgIpc) is 3.01. The van der Waals surface area contributed by atoms with Crippen LogP contribution < -0.4 is 5.32 Å². The van der Waals surface area contributed by atoms with Crippen molar-refractivity contribution in [1.82, 2.24) is 10.3 Å². The van der Waals surface area contributed by atoms with E-state index in [0.29, 0.717) is 35.3 Å². The fourth-order valence-corrected chi connectivity index (χ4v) is 4.15. The van der Waals surface area contributed by atoms with Crippen LogP contribution in [-0.2, 0) is 19.3 Å². The van der Waals surface area contributed by atoms with Crippen LogP contribution in [0.25, 0.3) is 10.9 Å². The summed E-state index contributed by atoms with van der Waals surface area (Å²) in [7, 11) is 0. The van der Waals surface area contributed by atoms with E-state index in [9.17, 15) is 18.9 Å². The summed E-state index contributed by atoms with van der Waals surface area (Å²) in [4.78, 5) is 13.4. The number of non-ortho nitro benzene ring substituents is 1. The third-order valence-corrected chi connectivity index (χ3v) is 5.64. The predicted octanol–water partition coefficient (Wildman–Crippen LogP) is 4.70. The summed E-state index contributed by atoms with van der Waals surface area (Å²) in [5, 5.41) is 15.2. The molecule has 1 aliphatic carbocycles. The Labute approximate surface area is 164 Å². The van der Waals surface area contributed by atoms with Crippen LogP contribution in [0.5, 0.6) is 0 Å². The van der Waals surface area contributed by atoms with Crippen molar-refractivity contribution < 1.29 is 13.7 Å². The molecule has 28 heavy (non-hydrogen) atoms. The average molecular weight is 406 g/mol. The highest BCUT2D eigenvalue weighted by Crippen LogP contribution is 2.31. The number of nitro groups is 1. The molecular weight excluding hydrogens is 388 g/mol. The fraction of sp³-hybridized carbons (Fsp3) is 0.300. The second-order valence-electron chi connectivity index (χ2n) is 7.07. The van der Waals surface area contributed by atoms with Gasteiger partial charge in [0.25, 0.3) is 5.69 Å². The van der Waals surface area contributed by atoms with Crippen molar-refractivity contribution in [3.8, 4) is 0 Å². The Morgan fingerprint density at radius 3 is 2.86 bits per heavy atom. The van der Waals surface area contributed by atoms with E-state index in [1.165, 1.54) is 18.2 Å². The maximum atomic E-state index is 14.0. The first-order chi connectivity index (χ1) is 13.4. The lowest BCUT2D eigenvalue weighted by atomic mass is 9.91. The molecule has 146 valence electrons. The van der Waals surface area contributed by atoms with Crippen molar-refractivity contribution in [3.05, 3.63) is 73.9 Å². The maximum absolute atomic E-state index is 14.0. The van der Waals surface area contributed by atoms with Crippen molar-refractivity contribution in [1.29, 1.82) is 0 Å². The van der Waals surface area contributed by atoms with E-state index in [2.05, 4.69) is 10.3 Å². The Morgan fingerprint density at radius 2 is 2.11 bits per heavy atom. The number of hydrogen-bond acceptors (Lipinski definition) is 3. The quantitative estimate of drug-likeness (QED) is 0.477. The molecule has 0 fully saturated rings. The minimum Gasteiger partial charge on any atom is -0.356 e. The van der Waals surface area contributed by atoms with Crippen molar-refractivity contribution >= 4 is 28.2 Å². The third kappa shape index (κ3) is 3.59. The molecule has 1 aliphatic rings. The highest BCUT2D eigenvalue weighted by Gasteiger charge is 2.24. The molecule has 0 spiro atoms. The number of halogens is 3. The molecule has 1 heterocycles. The van der Waals surface area contributed by atoms with Crippen molar-refractivity contribution in [2.45, 2.75) is 31.7 Å². The van der Waals surface area contributed by atoms with Gasteiger partial charge in [-0.2, -0.15) is 0 Å². The molecule has 1 unspecified atom stereocenters. The van der Waals surface area contributed by atoms with E-state index in [1.54, 1.807) is 6.07 Å². The number of aromatic nitrogens is 1. The van der Waals surface area contributed by atoms with Gasteiger partial charge in [0.1, 0.15) is 11.6 Å². The number of H-pyrrole nitrogens is 1. The summed E-state index contributed by atoms with van der Waals surface area (Å²) in [6, 6.07) is 6.95. The number of aromatic amines is 1. The Hall–Kier alpha value is -2.51. The molecule has 0 bridgehead atoms. The number of aryl methyl sites for hydroxylation is 1. The lowest BCUT2D eigenvalue weighted by Crippen LogP contribution is -2.35. The molecular formula is C20H18ClF2N3O2. The van der Waals surface area contributed by atoms with Gasteiger partial charge in [0.2, 0.25) is 0 Å². The second kappa shape index (κ2) is 7.48. The molecule has 3 aromatic rings. The fourth-order valence-electron chi connectivity index (χ4n) is 3.88. The molecule has 1 aromatic heterocycles. The minimum atomic E-state index is -0.574. The van der Waals surface area contributed by atoms with Crippen LogP contribution in [0.4, 0.5) is 14.5 Å². The Kier molecular flexibility index (Phi) is 5.03. The molecule has 2 N–H and O–H groups in total. The van der Waals surface area contributed by atoms with E-state index < -0.39 is 16.6 Å². The highest BCUT2D eigenvalue weighted by atomic mass is 35.5. The number of rotatable bonds is 5. The summed E-state index contributed by atoms with van der Waals surface area (Å²) >= 11 is 6.13. The molecule has 5 nitrogen and oxygen atoms in total. The molecule has 0 aliphatic heterocycles. The number of benzene rings is 2. The largest absolute Gasteiger partial charge is 0.356 e. The maximum Gasteiger partial charge on any atom is 0.270 e. The summed E-state index contributed by atoms with van der Waals surface area (Å²) < 4.78 is 27.6. The molecule has 2 aromatic carbocycles. The monoisotopic (exact) mass is 405 g/mol. The number of nitrogens with one attached hydrogen (secondary N) is 2. The number of hydrogen-bond donors (Lipinski definition) is 2. The van der Waals surface area contributed by atoms with E-state index >= 15 is 0 Å². The van der Waals surface area contributed by atoms with Gasteiger partial charge in [-0.25, -0.2) is 8.78 Å². The van der Waals surface area contributed by atoms with Crippen molar-refractivity contribution in [2.75, 3.05) is 6.54 Å². The number of fused-ring (bicyclic) bond motifs is 3. The van der Waals surface area contributed by atoms with Crippen LogP contribution in [0.3, 0.4) is 0 Å². The van der Waals surface area contributed by atoms with Gasteiger partial charge in [0, 0.05) is 35.3 Å². The smallest absolute Gasteiger partial charge is 0.270 e. The Bertz CT molecular complexity index is 1070. The topological polar surface area (TPSA) is 71.0 Å². The zero-order valence-corrected chi connectivity index (χ0v) is 15.7. The van der Waals surface area contributed by atoms with Gasteiger partial charge in [0.15, 0.2) is 0 Å². The third-order valence-electron chi connectivity index (χ3n) is 5.29. The van der Waals surface area contributed by atoms with Gasteiger partial charge in [-0.05, 0) is 49.4 Å². The van der Waals surface area contributed by atoms with Gasteiger partial charge >= 0.3 is 0 Å². The van der Waals surface area contributed by atoms with Crippen LogP contribution in [0, 0.1) is 21.7 Å². The van der Waals surface area contributed by atoms with Gasteiger partial charge in [-0.1, -0.05) is 17.7 Å². The molecule has 1 atom stereocenters. The van der Waals surface area contributed by atoms with E-state index in [-0.39, 0.29) is 11.7 Å². The summed E-state index contributed by atoms with van der Waals surface area (Å²) in [5.41, 5.74) is 3.11. The van der Waals surface area contributed by atoms with Gasteiger partial charge < -0.3 is 10.3 Å². The van der Waals surface area contributed by atoms with Crippen LogP contribution in [0.1, 0.15) is 23.2 Å². The lowest BCUT2D eigenvalue weighted by Gasteiger charge is -2.24. The molecule has 0 amide bonds. The normalized spacial score (nSPS) is 16.3. The van der Waals surface area contributed by atoms with Gasteiger partial charge in [0.05, 0.1) is 15.5 Å². The molecule has 0 radical (unpaired) electrons. The van der Waals surface area contributed by atoms with Crippen molar-refractivity contribution in [2.24, 2.45) is 0 Å².